The number of carbonyl (C=O) groups is 1. The van der Waals surface area contributed by atoms with E-state index >= 15 is 0 Å². The first-order chi connectivity index (χ1) is 6.20. The van der Waals surface area contributed by atoms with Gasteiger partial charge in [0.1, 0.15) is 6.10 Å². The predicted molar refractivity (Wildman–Crippen MR) is 53.6 cm³/mol. The number of hydrogen-bond donors (Lipinski definition) is 1. The Bertz CT molecular complexity index is 137. The molecule has 3 heteroatoms. The van der Waals surface area contributed by atoms with Gasteiger partial charge in [-0.2, -0.15) is 0 Å². The van der Waals surface area contributed by atoms with Crippen LogP contribution in [0.5, 0.6) is 0 Å². The number of unbranched alkanes of at least 4 members (excludes halogenated alkanes) is 1. The van der Waals surface area contributed by atoms with Crippen LogP contribution in [0.2, 0.25) is 0 Å². The maximum atomic E-state index is 10.9. The molecule has 0 radical (unpaired) electrons. The predicted octanol–water partition coefficient (Wildman–Crippen LogP) is 1.72. The molecule has 0 aromatic carbocycles. The van der Waals surface area contributed by atoms with Crippen molar-refractivity contribution in [2.45, 2.75) is 46.1 Å². The molecular formula is C10H21NO2. The van der Waals surface area contributed by atoms with E-state index in [9.17, 15) is 4.79 Å². The number of carbonyl (C=O) groups excluding carboxylic acids is 1. The molecule has 1 N–H and O–H groups in total. The zero-order valence-corrected chi connectivity index (χ0v) is 8.93. The summed E-state index contributed by atoms with van der Waals surface area (Å²) >= 11 is 0. The molecule has 78 valence electrons. The summed E-state index contributed by atoms with van der Waals surface area (Å²) in [7, 11) is 0. The lowest BCUT2D eigenvalue weighted by Crippen LogP contribution is -2.29. The molecule has 0 aliphatic carbocycles. The number of rotatable bonds is 7. The molecule has 0 bridgehead atoms. The van der Waals surface area contributed by atoms with Crippen LogP contribution >= 0.6 is 0 Å². The van der Waals surface area contributed by atoms with Crippen LogP contribution in [-0.2, 0) is 9.53 Å². The summed E-state index contributed by atoms with van der Waals surface area (Å²) in [6, 6.07) is 0. The fourth-order valence-electron chi connectivity index (χ4n) is 0.956. The Hall–Kier alpha value is -0.570. The third-order valence-electron chi connectivity index (χ3n) is 1.76. The number of ether oxygens (including phenoxy) is 1. The summed E-state index contributed by atoms with van der Waals surface area (Å²) in [6.07, 6.45) is 2.81. The monoisotopic (exact) mass is 187 g/mol. The molecule has 0 aliphatic heterocycles. The number of hydrogen-bond acceptors (Lipinski definition) is 3. The average molecular weight is 187 g/mol. The molecule has 0 saturated carbocycles. The van der Waals surface area contributed by atoms with Gasteiger partial charge >= 0.3 is 5.97 Å². The second kappa shape index (κ2) is 8.05. The Morgan fingerprint density at radius 2 is 2.15 bits per heavy atom. The highest BCUT2D eigenvalue weighted by molar-refractivity contribution is 5.69. The molecule has 0 heterocycles. The molecule has 3 nitrogen and oxygen atoms in total. The maximum absolute atomic E-state index is 10.9. The topological polar surface area (TPSA) is 38.3 Å². The van der Waals surface area contributed by atoms with E-state index in [1.807, 2.05) is 6.92 Å². The molecule has 13 heavy (non-hydrogen) atoms. The van der Waals surface area contributed by atoms with Crippen molar-refractivity contribution in [3.63, 3.8) is 0 Å². The Balaban J connectivity index is 3.29. The fourth-order valence-corrected chi connectivity index (χ4v) is 0.956. The second-order valence-corrected chi connectivity index (χ2v) is 3.21. The van der Waals surface area contributed by atoms with Crippen molar-refractivity contribution in [3.8, 4) is 0 Å². The molecule has 1 unspecified atom stereocenters. The van der Waals surface area contributed by atoms with Crippen molar-refractivity contribution in [2.24, 2.45) is 0 Å². The van der Waals surface area contributed by atoms with E-state index in [-0.39, 0.29) is 12.1 Å². The summed E-state index contributed by atoms with van der Waals surface area (Å²) in [4.78, 5) is 10.9. The molecule has 0 aromatic heterocycles. The highest BCUT2D eigenvalue weighted by Crippen LogP contribution is 1.93. The van der Waals surface area contributed by atoms with Crippen molar-refractivity contribution in [3.05, 3.63) is 0 Å². The van der Waals surface area contributed by atoms with Crippen molar-refractivity contribution in [1.82, 2.24) is 5.32 Å². The molecule has 0 saturated heterocycles. The zero-order chi connectivity index (χ0) is 10.1. The Labute approximate surface area is 80.8 Å². The first kappa shape index (κ1) is 12.4. The van der Waals surface area contributed by atoms with Crippen molar-refractivity contribution in [2.75, 3.05) is 13.1 Å². The third-order valence-corrected chi connectivity index (χ3v) is 1.76. The van der Waals surface area contributed by atoms with Crippen LogP contribution in [0.15, 0.2) is 0 Å². The van der Waals surface area contributed by atoms with E-state index in [0.717, 1.165) is 13.1 Å². The minimum absolute atomic E-state index is 0.00990. The molecular weight excluding hydrogens is 166 g/mol. The van der Waals surface area contributed by atoms with E-state index < -0.39 is 0 Å². The first-order valence-electron chi connectivity index (χ1n) is 5.10. The first-order valence-corrected chi connectivity index (χ1v) is 5.10. The van der Waals surface area contributed by atoms with Crippen LogP contribution in [0.25, 0.3) is 0 Å². The summed E-state index contributed by atoms with van der Waals surface area (Å²) in [5.74, 6) is -0.121. The SMILES string of the molecule is CCCCNCC(C)OC(=O)CC. The van der Waals surface area contributed by atoms with Gasteiger partial charge in [-0.15, -0.1) is 0 Å². The lowest BCUT2D eigenvalue weighted by atomic mass is 10.3. The lowest BCUT2D eigenvalue weighted by molar-refractivity contribution is -0.147. The minimum atomic E-state index is -0.121. The molecule has 1 atom stereocenters. The van der Waals surface area contributed by atoms with Crippen molar-refractivity contribution >= 4 is 5.97 Å². The highest BCUT2D eigenvalue weighted by atomic mass is 16.5. The van der Waals surface area contributed by atoms with E-state index in [4.69, 9.17) is 4.74 Å². The van der Waals surface area contributed by atoms with Crippen LogP contribution in [0, 0.1) is 0 Å². The average Bonchev–Trinajstić information content (AvgIpc) is 2.12. The molecule has 0 spiro atoms. The van der Waals surface area contributed by atoms with Gasteiger partial charge in [0.2, 0.25) is 0 Å². The summed E-state index contributed by atoms with van der Waals surface area (Å²) < 4.78 is 5.08. The molecule has 0 fully saturated rings. The third kappa shape index (κ3) is 7.78. The van der Waals surface area contributed by atoms with Gasteiger partial charge < -0.3 is 10.1 Å². The quantitative estimate of drug-likeness (QED) is 0.487. The maximum Gasteiger partial charge on any atom is 0.305 e. The van der Waals surface area contributed by atoms with E-state index in [0.29, 0.717) is 6.42 Å². The van der Waals surface area contributed by atoms with Gasteiger partial charge in [0.25, 0.3) is 0 Å². The normalized spacial score (nSPS) is 12.5. The van der Waals surface area contributed by atoms with E-state index in [1.54, 1.807) is 6.92 Å². The lowest BCUT2D eigenvalue weighted by Gasteiger charge is -2.13. The molecule has 0 amide bonds. The number of esters is 1. The zero-order valence-electron chi connectivity index (χ0n) is 8.93. The van der Waals surface area contributed by atoms with Crippen LogP contribution in [0.1, 0.15) is 40.0 Å². The van der Waals surface area contributed by atoms with Gasteiger partial charge in [-0.1, -0.05) is 20.3 Å². The largest absolute Gasteiger partial charge is 0.461 e. The van der Waals surface area contributed by atoms with Gasteiger partial charge in [0, 0.05) is 13.0 Å². The summed E-state index contributed by atoms with van der Waals surface area (Å²) in [5.41, 5.74) is 0. The smallest absolute Gasteiger partial charge is 0.305 e. The Kier molecular flexibility index (Phi) is 7.69. The summed E-state index contributed by atoms with van der Waals surface area (Å²) in [5, 5.41) is 3.24. The minimum Gasteiger partial charge on any atom is -0.461 e. The van der Waals surface area contributed by atoms with Crippen LogP contribution in [0.3, 0.4) is 0 Å². The van der Waals surface area contributed by atoms with Crippen LogP contribution in [0.4, 0.5) is 0 Å². The van der Waals surface area contributed by atoms with Gasteiger partial charge in [0.05, 0.1) is 0 Å². The van der Waals surface area contributed by atoms with Gasteiger partial charge in [0.15, 0.2) is 0 Å². The van der Waals surface area contributed by atoms with Crippen LogP contribution < -0.4 is 5.32 Å². The van der Waals surface area contributed by atoms with E-state index in [2.05, 4.69) is 12.2 Å². The second-order valence-electron chi connectivity index (χ2n) is 3.21. The van der Waals surface area contributed by atoms with Gasteiger partial charge in [-0.3, -0.25) is 4.79 Å². The van der Waals surface area contributed by atoms with Crippen LogP contribution in [-0.4, -0.2) is 25.2 Å². The van der Waals surface area contributed by atoms with Gasteiger partial charge in [-0.05, 0) is 19.9 Å². The van der Waals surface area contributed by atoms with Crippen molar-refractivity contribution < 1.29 is 9.53 Å². The van der Waals surface area contributed by atoms with E-state index in [1.165, 1.54) is 12.8 Å². The standard InChI is InChI=1S/C10H21NO2/c1-4-6-7-11-8-9(3)13-10(12)5-2/h9,11H,4-8H2,1-3H3. The Morgan fingerprint density at radius 1 is 1.46 bits per heavy atom. The fraction of sp³-hybridized carbons (Fsp3) is 0.900. The van der Waals surface area contributed by atoms with Gasteiger partial charge in [-0.25, -0.2) is 0 Å². The van der Waals surface area contributed by atoms with Crippen molar-refractivity contribution in [1.29, 1.82) is 0 Å². The Morgan fingerprint density at radius 3 is 2.69 bits per heavy atom. The number of nitrogens with one attached hydrogen (secondary N) is 1. The molecule has 0 aromatic rings. The molecule has 0 rings (SSSR count). The summed E-state index contributed by atoms with van der Waals surface area (Å²) in [6.45, 7) is 7.63. The highest BCUT2D eigenvalue weighted by Gasteiger charge is 2.05. The molecule has 0 aliphatic rings.